The average Bonchev–Trinajstić information content (AvgIpc) is 2.16. The molecule has 0 heterocycles. The van der Waals surface area contributed by atoms with Gasteiger partial charge in [-0.05, 0) is 32.7 Å². The third kappa shape index (κ3) is 6.16. The molecule has 0 aromatic rings. The van der Waals surface area contributed by atoms with Crippen LogP contribution in [0.25, 0.3) is 0 Å². The molecule has 0 spiro atoms. The summed E-state index contributed by atoms with van der Waals surface area (Å²) in [5, 5.41) is 3.52. The highest BCUT2D eigenvalue weighted by Crippen LogP contribution is 2.19. The molecule has 0 amide bonds. The molecule has 2 heteroatoms. The quantitative estimate of drug-likeness (QED) is 0.671. The highest BCUT2D eigenvalue weighted by atomic mass is 16.5. The van der Waals surface area contributed by atoms with Crippen LogP contribution in [0, 0.1) is 5.92 Å². The van der Waals surface area contributed by atoms with Gasteiger partial charge >= 0.3 is 0 Å². The topological polar surface area (TPSA) is 21.3 Å². The predicted molar refractivity (Wildman–Crippen MR) is 67.2 cm³/mol. The van der Waals surface area contributed by atoms with E-state index in [1.165, 1.54) is 19.3 Å². The largest absolute Gasteiger partial charge is 0.377 e. The van der Waals surface area contributed by atoms with Crippen LogP contribution in [0.4, 0.5) is 0 Å². The van der Waals surface area contributed by atoms with Crippen LogP contribution >= 0.6 is 0 Å². The fourth-order valence-electron chi connectivity index (χ4n) is 1.81. The molecular formula is C13H29NO. The molecule has 0 saturated carbocycles. The van der Waals surface area contributed by atoms with Crippen molar-refractivity contribution in [2.24, 2.45) is 5.92 Å². The molecule has 0 rings (SSSR count). The summed E-state index contributed by atoms with van der Waals surface area (Å²) in [6, 6.07) is 0.464. The zero-order valence-electron chi connectivity index (χ0n) is 11.4. The van der Waals surface area contributed by atoms with Crippen molar-refractivity contribution in [2.75, 3.05) is 13.7 Å². The SMILES string of the molecule is CCNC(CCCC(C)C)C(C)(C)OC. The zero-order valence-corrected chi connectivity index (χ0v) is 11.4. The van der Waals surface area contributed by atoms with E-state index in [9.17, 15) is 0 Å². The number of likely N-dealkylation sites (N-methyl/N-ethyl adjacent to an activating group) is 1. The number of methoxy groups -OCH3 is 1. The fraction of sp³-hybridized carbons (Fsp3) is 1.00. The van der Waals surface area contributed by atoms with Crippen molar-refractivity contribution in [1.82, 2.24) is 5.32 Å². The molecule has 0 saturated heterocycles. The highest BCUT2D eigenvalue weighted by molar-refractivity contribution is 4.85. The van der Waals surface area contributed by atoms with E-state index in [2.05, 4.69) is 39.9 Å². The number of hydrogen-bond acceptors (Lipinski definition) is 2. The monoisotopic (exact) mass is 215 g/mol. The Morgan fingerprint density at radius 2 is 1.80 bits per heavy atom. The van der Waals surface area contributed by atoms with Crippen LogP contribution < -0.4 is 5.32 Å². The summed E-state index contributed by atoms with van der Waals surface area (Å²) in [7, 11) is 1.80. The third-order valence-electron chi connectivity index (χ3n) is 3.09. The van der Waals surface area contributed by atoms with Crippen LogP contribution in [0.5, 0.6) is 0 Å². The maximum atomic E-state index is 5.55. The molecule has 0 bridgehead atoms. The molecule has 0 fully saturated rings. The molecule has 1 N–H and O–H groups in total. The number of ether oxygens (including phenoxy) is 1. The summed E-state index contributed by atoms with van der Waals surface area (Å²) in [6.07, 6.45) is 3.79. The van der Waals surface area contributed by atoms with Gasteiger partial charge in [0.05, 0.1) is 5.60 Å². The van der Waals surface area contributed by atoms with Crippen LogP contribution in [0.1, 0.15) is 53.9 Å². The number of hydrogen-bond donors (Lipinski definition) is 1. The smallest absolute Gasteiger partial charge is 0.0774 e. The van der Waals surface area contributed by atoms with Crippen molar-refractivity contribution in [3.8, 4) is 0 Å². The predicted octanol–water partition coefficient (Wildman–Crippen LogP) is 3.22. The lowest BCUT2D eigenvalue weighted by molar-refractivity contribution is -0.0128. The van der Waals surface area contributed by atoms with Gasteiger partial charge in [0.1, 0.15) is 0 Å². The van der Waals surface area contributed by atoms with Crippen LogP contribution in [0.15, 0.2) is 0 Å². The summed E-state index contributed by atoms with van der Waals surface area (Å²) >= 11 is 0. The van der Waals surface area contributed by atoms with Gasteiger partial charge in [0, 0.05) is 13.2 Å². The average molecular weight is 215 g/mol. The molecule has 0 aromatic carbocycles. The van der Waals surface area contributed by atoms with Gasteiger partial charge in [-0.25, -0.2) is 0 Å². The van der Waals surface area contributed by atoms with Crippen molar-refractivity contribution in [1.29, 1.82) is 0 Å². The Morgan fingerprint density at radius 1 is 1.20 bits per heavy atom. The Balaban J connectivity index is 4.04. The molecule has 0 aliphatic carbocycles. The fourth-order valence-corrected chi connectivity index (χ4v) is 1.81. The second-order valence-corrected chi connectivity index (χ2v) is 5.24. The van der Waals surface area contributed by atoms with Crippen LogP contribution in [-0.4, -0.2) is 25.3 Å². The first-order valence-corrected chi connectivity index (χ1v) is 6.22. The lowest BCUT2D eigenvalue weighted by Crippen LogP contribution is -2.48. The first kappa shape index (κ1) is 14.9. The molecule has 15 heavy (non-hydrogen) atoms. The summed E-state index contributed by atoms with van der Waals surface area (Å²) in [5.74, 6) is 0.804. The van der Waals surface area contributed by atoms with Crippen molar-refractivity contribution in [2.45, 2.75) is 65.5 Å². The lowest BCUT2D eigenvalue weighted by atomic mass is 9.92. The van der Waals surface area contributed by atoms with Crippen LogP contribution in [0.3, 0.4) is 0 Å². The second kappa shape index (κ2) is 7.24. The Kier molecular flexibility index (Phi) is 7.20. The molecule has 0 aromatic heterocycles. The van der Waals surface area contributed by atoms with E-state index in [4.69, 9.17) is 4.74 Å². The molecular weight excluding hydrogens is 186 g/mol. The van der Waals surface area contributed by atoms with Crippen molar-refractivity contribution >= 4 is 0 Å². The third-order valence-corrected chi connectivity index (χ3v) is 3.09. The maximum Gasteiger partial charge on any atom is 0.0774 e. The van der Waals surface area contributed by atoms with E-state index in [0.29, 0.717) is 6.04 Å². The molecule has 0 aliphatic heterocycles. The normalized spacial score (nSPS) is 14.6. The summed E-state index contributed by atoms with van der Waals surface area (Å²) in [6.45, 7) is 12.1. The van der Waals surface area contributed by atoms with E-state index in [1.807, 2.05) is 0 Å². The summed E-state index contributed by atoms with van der Waals surface area (Å²) in [5.41, 5.74) is -0.0625. The van der Waals surface area contributed by atoms with Gasteiger partial charge in [0.2, 0.25) is 0 Å². The molecule has 0 aliphatic rings. The van der Waals surface area contributed by atoms with E-state index >= 15 is 0 Å². The van der Waals surface area contributed by atoms with Crippen molar-refractivity contribution < 1.29 is 4.74 Å². The minimum Gasteiger partial charge on any atom is -0.377 e. The summed E-state index contributed by atoms with van der Waals surface area (Å²) < 4.78 is 5.55. The Hall–Kier alpha value is -0.0800. The van der Waals surface area contributed by atoms with Gasteiger partial charge in [0.15, 0.2) is 0 Å². The molecule has 1 atom stereocenters. The first-order valence-electron chi connectivity index (χ1n) is 6.22. The van der Waals surface area contributed by atoms with Gasteiger partial charge < -0.3 is 10.1 Å². The maximum absolute atomic E-state index is 5.55. The standard InChI is InChI=1S/C13H29NO/c1-7-14-12(13(4,5)15-6)10-8-9-11(2)3/h11-12,14H,7-10H2,1-6H3. The van der Waals surface area contributed by atoms with E-state index in [1.54, 1.807) is 7.11 Å². The van der Waals surface area contributed by atoms with Crippen LogP contribution in [0.2, 0.25) is 0 Å². The molecule has 1 unspecified atom stereocenters. The Labute approximate surface area is 95.8 Å². The van der Waals surface area contributed by atoms with E-state index in [0.717, 1.165) is 12.5 Å². The Bertz CT molecular complexity index is 155. The second-order valence-electron chi connectivity index (χ2n) is 5.24. The van der Waals surface area contributed by atoms with Crippen LogP contribution in [-0.2, 0) is 4.74 Å². The van der Waals surface area contributed by atoms with E-state index in [-0.39, 0.29) is 5.60 Å². The Morgan fingerprint density at radius 3 is 2.20 bits per heavy atom. The van der Waals surface area contributed by atoms with Gasteiger partial charge in [-0.2, -0.15) is 0 Å². The van der Waals surface area contributed by atoms with E-state index < -0.39 is 0 Å². The lowest BCUT2D eigenvalue weighted by Gasteiger charge is -2.34. The number of nitrogens with one attached hydrogen (secondary N) is 1. The van der Waals surface area contributed by atoms with Gasteiger partial charge in [-0.3, -0.25) is 0 Å². The number of rotatable bonds is 8. The zero-order chi connectivity index (χ0) is 11.9. The molecule has 2 nitrogen and oxygen atoms in total. The molecule has 0 radical (unpaired) electrons. The highest BCUT2D eigenvalue weighted by Gasteiger charge is 2.27. The van der Waals surface area contributed by atoms with Crippen molar-refractivity contribution in [3.05, 3.63) is 0 Å². The van der Waals surface area contributed by atoms with Crippen molar-refractivity contribution in [3.63, 3.8) is 0 Å². The van der Waals surface area contributed by atoms with Gasteiger partial charge in [0.25, 0.3) is 0 Å². The summed E-state index contributed by atoms with van der Waals surface area (Å²) in [4.78, 5) is 0. The minimum absolute atomic E-state index is 0.0625. The minimum atomic E-state index is -0.0625. The molecule has 92 valence electrons. The van der Waals surface area contributed by atoms with Gasteiger partial charge in [-0.1, -0.05) is 33.6 Å². The first-order chi connectivity index (χ1) is 6.94. The van der Waals surface area contributed by atoms with Gasteiger partial charge in [-0.15, -0.1) is 0 Å².